The zero-order valence-corrected chi connectivity index (χ0v) is 18.9. The van der Waals surface area contributed by atoms with Gasteiger partial charge in [0.15, 0.2) is 0 Å². The van der Waals surface area contributed by atoms with E-state index in [0.29, 0.717) is 43.9 Å². The predicted octanol–water partition coefficient (Wildman–Crippen LogP) is 3.65. The maximum atomic E-state index is 14.1. The Labute approximate surface area is 192 Å². The first-order valence-electron chi connectivity index (χ1n) is 11.0. The molecule has 0 bridgehead atoms. The molecule has 2 aromatic rings. The third kappa shape index (κ3) is 7.38. The number of amides is 1. The summed E-state index contributed by atoms with van der Waals surface area (Å²) in [5, 5.41) is 15.2. The molecule has 3 N–H and O–H groups in total. The number of benzene rings is 1. The van der Waals surface area contributed by atoms with Crippen molar-refractivity contribution >= 4 is 23.6 Å². The van der Waals surface area contributed by atoms with Crippen LogP contribution in [0, 0.1) is 17.7 Å². The summed E-state index contributed by atoms with van der Waals surface area (Å²) < 4.78 is 19.4. The topological polar surface area (TPSA) is 117 Å². The lowest BCUT2D eigenvalue weighted by atomic mass is 9.97. The number of hydrogen-bond donors (Lipinski definition) is 3. The van der Waals surface area contributed by atoms with Gasteiger partial charge < -0.3 is 25.4 Å². The number of nitrogens with one attached hydrogen (secondary N) is 2. The summed E-state index contributed by atoms with van der Waals surface area (Å²) in [6.45, 7) is 7.17. The molecule has 0 saturated carbocycles. The van der Waals surface area contributed by atoms with Crippen LogP contribution in [0.2, 0.25) is 0 Å². The molecule has 10 heteroatoms. The van der Waals surface area contributed by atoms with Crippen LogP contribution in [0.4, 0.5) is 20.7 Å². The van der Waals surface area contributed by atoms with Crippen molar-refractivity contribution in [2.45, 2.75) is 33.2 Å². The molecule has 2 heterocycles. The van der Waals surface area contributed by atoms with Crippen LogP contribution in [-0.2, 0) is 11.3 Å². The number of carboxylic acid groups (broad SMARTS) is 1. The van der Waals surface area contributed by atoms with Gasteiger partial charge in [0, 0.05) is 25.7 Å². The fourth-order valence-corrected chi connectivity index (χ4v) is 3.50. The first-order chi connectivity index (χ1) is 15.8. The van der Waals surface area contributed by atoms with Crippen LogP contribution in [-0.4, -0.2) is 58.3 Å². The van der Waals surface area contributed by atoms with Crippen LogP contribution in [0.1, 0.15) is 42.7 Å². The lowest BCUT2D eigenvalue weighted by molar-refractivity contribution is 0.0695. The molecular formula is C23H30FN5O4. The van der Waals surface area contributed by atoms with Crippen LogP contribution >= 0.6 is 0 Å². The quantitative estimate of drug-likeness (QED) is 0.520. The SMILES string of the molecule is CC(C)COC(=O)N1CCC(CNCc2cc(Nc3ccc(C(=O)O)cc3F)ncn2)CC1. The molecule has 178 valence electrons. The Balaban J connectivity index is 1.43. The van der Waals surface area contributed by atoms with Crippen molar-refractivity contribution in [2.75, 3.05) is 31.6 Å². The molecule has 0 spiro atoms. The molecule has 1 saturated heterocycles. The number of ether oxygens (including phenoxy) is 1. The maximum absolute atomic E-state index is 14.1. The molecular weight excluding hydrogens is 429 g/mol. The minimum Gasteiger partial charge on any atom is -0.478 e. The van der Waals surface area contributed by atoms with Crippen molar-refractivity contribution in [3.63, 3.8) is 0 Å². The molecule has 33 heavy (non-hydrogen) atoms. The number of aromatic carboxylic acids is 1. The van der Waals surface area contributed by atoms with Gasteiger partial charge in [0.1, 0.15) is 18.0 Å². The van der Waals surface area contributed by atoms with Crippen LogP contribution in [0.25, 0.3) is 0 Å². The molecule has 1 amide bonds. The first kappa shape index (κ1) is 24.4. The molecule has 1 aliphatic heterocycles. The van der Waals surface area contributed by atoms with E-state index in [1.165, 1.54) is 18.5 Å². The molecule has 0 unspecified atom stereocenters. The number of hydrogen-bond acceptors (Lipinski definition) is 7. The number of likely N-dealkylation sites (tertiary alicyclic amines) is 1. The van der Waals surface area contributed by atoms with Gasteiger partial charge in [0.2, 0.25) is 0 Å². The van der Waals surface area contributed by atoms with Crippen molar-refractivity contribution in [1.29, 1.82) is 0 Å². The normalized spacial score (nSPS) is 14.4. The second-order valence-electron chi connectivity index (χ2n) is 8.55. The van der Waals surface area contributed by atoms with Crippen LogP contribution in [0.3, 0.4) is 0 Å². The highest BCUT2D eigenvalue weighted by Crippen LogP contribution is 2.21. The van der Waals surface area contributed by atoms with Crippen molar-refractivity contribution in [3.05, 3.63) is 47.7 Å². The summed E-state index contributed by atoms with van der Waals surface area (Å²) in [6, 6.07) is 5.37. The van der Waals surface area contributed by atoms with E-state index in [0.717, 1.165) is 31.1 Å². The largest absolute Gasteiger partial charge is 0.478 e. The number of aromatic nitrogens is 2. The zero-order chi connectivity index (χ0) is 23.8. The first-order valence-corrected chi connectivity index (χ1v) is 11.0. The second kappa shape index (κ2) is 11.6. The third-order valence-electron chi connectivity index (χ3n) is 5.35. The minimum atomic E-state index is -1.19. The number of carbonyl (C=O) groups excluding carboxylic acids is 1. The average Bonchev–Trinajstić information content (AvgIpc) is 2.79. The van der Waals surface area contributed by atoms with Crippen LogP contribution in [0.15, 0.2) is 30.6 Å². The van der Waals surface area contributed by atoms with E-state index in [-0.39, 0.29) is 17.3 Å². The molecule has 9 nitrogen and oxygen atoms in total. The van der Waals surface area contributed by atoms with Crippen molar-refractivity contribution in [3.8, 4) is 0 Å². The number of rotatable bonds is 9. The van der Waals surface area contributed by atoms with Crippen LogP contribution < -0.4 is 10.6 Å². The van der Waals surface area contributed by atoms with Gasteiger partial charge in [-0.05, 0) is 49.4 Å². The smallest absolute Gasteiger partial charge is 0.409 e. The number of halogens is 1. The second-order valence-corrected chi connectivity index (χ2v) is 8.55. The molecule has 0 radical (unpaired) electrons. The van der Waals surface area contributed by atoms with E-state index in [1.54, 1.807) is 11.0 Å². The highest BCUT2D eigenvalue weighted by atomic mass is 19.1. The minimum absolute atomic E-state index is 0.121. The number of piperidine rings is 1. The number of carboxylic acids is 1. The van der Waals surface area contributed by atoms with Gasteiger partial charge in [-0.1, -0.05) is 13.8 Å². The Hall–Kier alpha value is -3.27. The van der Waals surface area contributed by atoms with Crippen molar-refractivity contribution < 1.29 is 23.8 Å². The van der Waals surface area contributed by atoms with Crippen molar-refractivity contribution in [2.24, 2.45) is 11.8 Å². The van der Waals surface area contributed by atoms with E-state index in [4.69, 9.17) is 9.84 Å². The van der Waals surface area contributed by atoms with Gasteiger partial charge in [-0.2, -0.15) is 0 Å². The molecule has 0 atom stereocenters. The summed E-state index contributed by atoms with van der Waals surface area (Å²) in [5.41, 5.74) is 0.755. The Morgan fingerprint density at radius 3 is 2.67 bits per heavy atom. The molecule has 1 aromatic heterocycles. The molecule has 0 aliphatic carbocycles. The fraction of sp³-hybridized carbons (Fsp3) is 0.478. The van der Waals surface area contributed by atoms with E-state index in [9.17, 15) is 14.0 Å². The van der Waals surface area contributed by atoms with Gasteiger partial charge in [0.05, 0.1) is 23.6 Å². The van der Waals surface area contributed by atoms with Gasteiger partial charge in [-0.25, -0.2) is 23.9 Å². The van der Waals surface area contributed by atoms with E-state index >= 15 is 0 Å². The summed E-state index contributed by atoms with van der Waals surface area (Å²) in [4.78, 5) is 33.1. The maximum Gasteiger partial charge on any atom is 0.409 e. The Bertz CT molecular complexity index is 964. The summed E-state index contributed by atoms with van der Waals surface area (Å²) in [7, 11) is 0. The van der Waals surface area contributed by atoms with Gasteiger partial charge in [0.25, 0.3) is 0 Å². The summed E-state index contributed by atoms with van der Waals surface area (Å²) in [5.74, 6) is -0.665. The number of nitrogens with zero attached hydrogens (tertiary/aromatic N) is 3. The molecule has 1 aliphatic rings. The van der Waals surface area contributed by atoms with E-state index in [2.05, 4.69) is 20.6 Å². The Morgan fingerprint density at radius 2 is 2.00 bits per heavy atom. The Kier molecular flexibility index (Phi) is 8.53. The Morgan fingerprint density at radius 1 is 1.24 bits per heavy atom. The molecule has 1 fully saturated rings. The lowest BCUT2D eigenvalue weighted by Crippen LogP contribution is -2.41. The van der Waals surface area contributed by atoms with Crippen LogP contribution in [0.5, 0.6) is 0 Å². The highest BCUT2D eigenvalue weighted by Gasteiger charge is 2.23. The highest BCUT2D eigenvalue weighted by molar-refractivity contribution is 5.88. The zero-order valence-electron chi connectivity index (χ0n) is 18.9. The summed E-state index contributed by atoms with van der Waals surface area (Å²) >= 11 is 0. The molecule has 1 aromatic carbocycles. The average molecular weight is 460 g/mol. The number of carbonyl (C=O) groups is 2. The predicted molar refractivity (Wildman–Crippen MR) is 121 cm³/mol. The van der Waals surface area contributed by atoms with Crippen molar-refractivity contribution in [1.82, 2.24) is 20.2 Å². The van der Waals surface area contributed by atoms with Gasteiger partial charge in [-0.15, -0.1) is 0 Å². The van der Waals surface area contributed by atoms with E-state index < -0.39 is 11.8 Å². The van der Waals surface area contributed by atoms with Gasteiger partial charge in [-0.3, -0.25) is 0 Å². The number of anilines is 2. The van der Waals surface area contributed by atoms with Gasteiger partial charge >= 0.3 is 12.1 Å². The fourth-order valence-electron chi connectivity index (χ4n) is 3.50. The standard InChI is InChI=1S/C23H30FN5O4/c1-15(2)13-33-23(32)29-7-5-16(6-8-29)11-25-12-18-10-21(27-14-26-18)28-20-4-3-17(22(30)31)9-19(20)24/h3-4,9-10,14-16,25H,5-8,11-13H2,1-2H3,(H,30,31)(H,26,27,28). The van der Waals surface area contributed by atoms with E-state index in [1.807, 2.05) is 13.8 Å². The third-order valence-corrected chi connectivity index (χ3v) is 5.35. The molecule has 3 rings (SSSR count). The lowest BCUT2D eigenvalue weighted by Gasteiger charge is -2.31. The summed E-state index contributed by atoms with van der Waals surface area (Å²) in [6.07, 6.45) is 2.98. The monoisotopic (exact) mass is 459 g/mol.